The van der Waals surface area contributed by atoms with E-state index in [2.05, 4.69) is 5.32 Å². The molecule has 1 amide bonds. The van der Waals surface area contributed by atoms with E-state index in [0.717, 1.165) is 12.0 Å². The van der Waals surface area contributed by atoms with Gasteiger partial charge in [-0.15, -0.1) is 11.6 Å². The van der Waals surface area contributed by atoms with E-state index in [1.165, 1.54) is 0 Å². The molecule has 1 atom stereocenters. The van der Waals surface area contributed by atoms with E-state index in [1.54, 1.807) is 18.2 Å². The van der Waals surface area contributed by atoms with Crippen LogP contribution >= 0.6 is 23.2 Å². The van der Waals surface area contributed by atoms with Gasteiger partial charge in [0.25, 0.3) is 5.91 Å². The summed E-state index contributed by atoms with van der Waals surface area (Å²) in [6.45, 7) is 5.76. The summed E-state index contributed by atoms with van der Waals surface area (Å²) >= 11 is 11.9. The van der Waals surface area contributed by atoms with Crippen LogP contribution < -0.4 is 5.32 Å². The van der Waals surface area contributed by atoms with Crippen LogP contribution in [0.3, 0.4) is 0 Å². The molecule has 0 bridgehead atoms. The number of nitrogens with one attached hydrogen (secondary N) is 1. The van der Waals surface area contributed by atoms with Crippen molar-refractivity contribution in [3.8, 4) is 0 Å². The highest BCUT2D eigenvalue weighted by molar-refractivity contribution is 6.31. The minimum absolute atomic E-state index is 0.130. The number of carbonyl (C=O) groups excluding carboxylic acids is 1. The Bertz CT molecular complexity index is 414. The highest BCUT2D eigenvalue weighted by atomic mass is 35.5. The Labute approximate surface area is 112 Å². The van der Waals surface area contributed by atoms with Crippen LogP contribution in [0, 0.1) is 6.92 Å². The molecule has 0 spiro atoms. The van der Waals surface area contributed by atoms with Gasteiger partial charge in [0.05, 0.1) is 5.54 Å². The molecule has 1 unspecified atom stereocenters. The molecule has 17 heavy (non-hydrogen) atoms. The maximum Gasteiger partial charge on any atom is 0.252 e. The Hall–Kier alpha value is -0.730. The standard InChI is InChI=1S/C13H17Cl2NO/c1-4-13(3,8-14)16-12(17)10-6-5-7-11(15)9(10)2/h5-7H,4,8H2,1-3H3,(H,16,17). The van der Waals surface area contributed by atoms with Crippen LogP contribution in [0.4, 0.5) is 0 Å². The van der Waals surface area contributed by atoms with Gasteiger partial charge in [0.1, 0.15) is 0 Å². The van der Waals surface area contributed by atoms with Gasteiger partial charge in [0.15, 0.2) is 0 Å². The summed E-state index contributed by atoms with van der Waals surface area (Å²) in [6.07, 6.45) is 0.780. The van der Waals surface area contributed by atoms with E-state index in [4.69, 9.17) is 23.2 Å². The predicted octanol–water partition coefficient (Wildman–Crippen LogP) is 3.79. The Balaban J connectivity index is 2.94. The van der Waals surface area contributed by atoms with Crippen molar-refractivity contribution in [1.82, 2.24) is 5.32 Å². The highest BCUT2D eigenvalue weighted by Gasteiger charge is 2.24. The molecule has 0 aromatic heterocycles. The lowest BCUT2D eigenvalue weighted by Crippen LogP contribution is -2.47. The van der Waals surface area contributed by atoms with Gasteiger partial charge in [-0.05, 0) is 38.0 Å². The van der Waals surface area contributed by atoms with Gasteiger partial charge in [-0.25, -0.2) is 0 Å². The number of alkyl halides is 1. The fourth-order valence-electron chi connectivity index (χ4n) is 1.41. The molecule has 4 heteroatoms. The number of amides is 1. The lowest BCUT2D eigenvalue weighted by molar-refractivity contribution is 0.0912. The Morgan fingerprint density at radius 3 is 2.65 bits per heavy atom. The second-order valence-electron chi connectivity index (χ2n) is 4.41. The molecule has 1 rings (SSSR count). The first-order chi connectivity index (χ1) is 7.93. The quantitative estimate of drug-likeness (QED) is 0.832. The maximum atomic E-state index is 12.1. The van der Waals surface area contributed by atoms with Crippen molar-refractivity contribution in [2.45, 2.75) is 32.7 Å². The van der Waals surface area contributed by atoms with E-state index in [-0.39, 0.29) is 11.4 Å². The normalized spacial score (nSPS) is 14.2. The van der Waals surface area contributed by atoms with E-state index >= 15 is 0 Å². The SMILES string of the molecule is CCC(C)(CCl)NC(=O)c1cccc(Cl)c1C. The molecule has 0 saturated heterocycles. The molecule has 1 N–H and O–H groups in total. The zero-order valence-corrected chi connectivity index (χ0v) is 11.8. The molecular weight excluding hydrogens is 257 g/mol. The zero-order chi connectivity index (χ0) is 13.1. The molecule has 0 aliphatic carbocycles. The van der Waals surface area contributed by atoms with Gasteiger partial charge in [0, 0.05) is 16.5 Å². The Morgan fingerprint density at radius 1 is 1.47 bits per heavy atom. The third-order valence-corrected chi connectivity index (χ3v) is 4.00. The summed E-state index contributed by atoms with van der Waals surface area (Å²) in [4.78, 5) is 12.1. The van der Waals surface area contributed by atoms with Crippen LogP contribution in [0.15, 0.2) is 18.2 Å². The molecule has 0 aliphatic heterocycles. The molecule has 0 saturated carbocycles. The minimum Gasteiger partial charge on any atom is -0.346 e. The molecule has 0 fully saturated rings. The molecule has 1 aromatic carbocycles. The third kappa shape index (κ3) is 3.36. The van der Waals surface area contributed by atoms with E-state index in [9.17, 15) is 4.79 Å². The summed E-state index contributed by atoms with van der Waals surface area (Å²) in [5.41, 5.74) is 1.01. The maximum absolute atomic E-state index is 12.1. The van der Waals surface area contributed by atoms with Gasteiger partial charge in [-0.2, -0.15) is 0 Å². The largest absolute Gasteiger partial charge is 0.346 e. The van der Waals surface area contributed by atoms with Crippen molar-refractivity contribution in [2.24, 2.45) is 0 Å². The van der Waals surface area contributed by atoms with Gasteiger partial charge in [0.2, 0.25) is 0 Å². The third-order valence-electron chi connectivity index (χ3n) is 3.00. The number of carbonyl (C=O) groups is 1. The molecular formula is C13H17Cl2NO. The number of hydrogen-bond acceptors (Lipinski definition) is 1. The monoisotopic (exact) mass is 273 g/mol. The molecule has 1 aromatic rings. The molecule has 0 radical (unpaired) electrons. The van der Waals surface area contributed by atoms with Gasteiger partial charge < -0.3 is 5.32 Å². The zero-order valence-electron chi connectivity index (χ0n) is 10.3. The average molecular weight is 274 g/mol. The van der Waals surface area contributed by atoms with Crippen molar-refractivity contribution in [1.29, 1.82) is 0 Å². The van der Waals surface area contributed by atoms with Gasteiger partial charge >= 0.3 is 0 Å². The first kappa shape index (κ1) is 14.3. The van der Waals surface area contributed by atoms with Gasteiger partial charge in [-0.1, -0.05) is 24.6 Å². The smallest absolute Gasteiger partial charge is 0.252 e. The molecule has 94 valence electrons. The number of hydrogen-bond donors (Lipinski definition) is 1. The van der Waals surface area contributed by atoms with Crippen LogP contribution in [-0.4, -0.2) is 17.3 Å². The second kappa shape index (κ2) is 5.74. The van der Waals surface area contributed by atoms with Crippen LogP contribution in [0.2, 0.25) is 5.02 Å². The van der Waals surface area contributed by atoms with Crippen molar-refractivity contribution in [3.05, 3.63) is 34.3 Å². The summed E-state index contributed by atoms with van der Waals surface area (Å²) in [5.74, 6) is 0.254. The lowest BCUT2D eigenvalue weighted by Gasteiger charge is -2.27. The van der Waals surface area contributed by atoms with E-state index in [1.807, 2.05) is 20.8 Å². The number of rotatable bonds is 4. The fourth-order valence-corrected chi connectivity index (χ4v) is 1.84. The van der Waals surface area contributed by atoms with Crippen molar-refractivity contribution in [3.63, 3.8) is 0 Å². The predicted molar refractivity (Wildman–Crippen MR) is 73.1 cm³/mol. The topological polar surface area (TPSA) is 29.1 Å². The Kier molecular flexibility index (Phi) is 4.84. The Morgan fingerprint density at radius 2 is 2.12 bits per heavy atom. The van der Waals surface area contributed by atoms with Crippen LogP contribution in [0.1, 0.15) is 36.2 Å². The van der Waals surface area contributed by atoms with E-state index < -0.39 is 0 Å². The van der Waals surface area contributed by atoms with Crippen molar-refractivity contribution in [2.75, 3.05) is 5.88 Å². The fraction of sp³-hybridized carbons (Fsp3) is 0.462. The summed E-state index contributed by atoms with van der Waals surface area (Å²) in [5, 5.41) is 3.55. The summed E-state index contributed by atoms with van der Waals surface area (Å²) in [7, 11) is 0. The molecule has 0 aliphatic rings. The number of benzene rings is 1. The highest BCUT2D eigenvalue weighted by Crippen LogP contribution is 2.20. The van der Waals surface area contributed by atoms with Crippen molar-refractivity contribution < 1.29 is 4.79 Å². The average Bonchev–Trinajstić information content (AvgIpc) is 2.32. The summed E-state index contributed by atoms with van der Waals surface area (Å²) < 4.78 is 0. The molecule has 0 heterocycles. The lowest BCUT2D eigenvalue weighted by atomic mass is 10.00. The van der Waals surface area contributed by atoms with E-state index in [0.29, 0.717) is 16.5 Å². The molecule has 2 nitrogen and oxygen atoms in total. The van der Waals surface area contributed by atoms with Crippen LogP contribution in [0.5, 0.6) is 0 Å². The first-order valence-electron chi connectivity index (χ1n) is 5.57. The summed E-state index contributed by atoms with van der Waals surface area (Å²) in [6, 6.07) is 5.31. The second-order valence-corrected chi connectivity index (χ2v) is 5.09. The minimum atomic E-state index is -0.382. The van der Waals surface area contributed by atoms with Crippen LogP contribution in [0.25, 0.3) is 0 Å². The van der Waals surface area contributed by atoms with Crippen LogP contribution in [-0.2, 0) is 0 Å². The van der Waals surface area contributed by atoms with Crippen molar-refractivity contribution >= 4 is 29.1 Å². The van der Waals surface area contributed by atoms with Gasteiger partial charge in [-0.3, -0.25) is 4.79 Å². The first-order valence-corrected chi connectivity index (χ1v) is 6.48. The number of halogens is 2.